The first-order chi connectivity index (χ1) is 14.9. The van der Waals surface area contributed by atoms with E-state index in [0.29, 0.717) is 11.3 Å². The molecule has 2 N–H and O–H groups in total. The zero-order valence-electron chi connectivity index (χ0n) is 16.5. The van der Waals surface area contributed by atoms with E-state index in [0.717, 1.165) is 6.07 Å². The third-order valence-electron chi connectivity index (χ3n) is 4.10. The molecule has 162 valence electrons. The molecule has 0 aliphatic rings. The summed E-state index contributed by atoms with van der Waals surface area (Å²) in [6.45, 7) is 0.415. The summed E-state index contributed by atoms with van der Waals surface area (Å²) in [7, 11) is 2.85. The number of nitrogens with zero attached hydrogens (tertiary/aromatic N) is 2. The number of anilines is 1. The number of nitro benzene ring substituents is 1. The molecular weight excluding hydrogens is 412 g/mol. The molecule has 3 rings (SSSR count). The van der Waals surface area contributed by atoms with Crippen molar-refractivity contribution in [3.8, 4) is 22.9 Å². The van der Waals surface area contributed by atoms with E-state index >= 15 is 0 Å². The Bertz CT molecular complexity index is 1150. The minimum absolute atomic E-state index is 0.111. The summed E-state index contributed by atoms with van der Waals surface area (Å²) in [5.74, 6) is -1.02. The van der Waals surface area contributed by atoms with E-state index in [2.05, 4.69) is 20.0 Å². The fraction of sp³-hybridized carbons (Fsp3) is 0.211. The number of aromatic nitrogens is 2. The second-order valence-corrected chi connectivity index (χ2v) is 6.10. The van der Waals surface area contributed by atoms with Gasteiger partial charge in [0.05, 0.1) is 24.7 Å². The first-order valence-electron chi connectivity index (χ1n) is 8.89. The number of benzene rings is 2. The zero-order chi connectivity index (χ0) is 22.4. The van der Waals surface area contributed by atoms with Crippen LogP contribution < -0.4 is 20.5 Å². The summed E-state index contributed by atoms with van der Waals surface area (Å²) in [4.78, 5) is 37.2. The fourth-order valence-electron chi connectivity index (χ4n) is 2.69. The van der Waals surface area contributed by atoms with Gasteiger partial charge in [0.2, 0.25) is 0 Å². The average Bonchev–Trinajstić information content (AvgIpc) is 3.20. The number of H-pyrrole nitrogens is 1. The lowest BCUT2D eigenvalue weighted by Gasteiger charge is -2.13. The van der Waals surface area contributed by atoms with E-state index in [9.17, 15) is 19.7 Å². The highest BCUT2D eigenvalue weighted by Crippen LogP contribution is 2.35. The van der Waals surface area contributed by atoms with Gasteiger partial charge in [0.1, 0.15) is 12.2 Å². The van der Waals surface area contributed by atoms with Gasteiger partial charge >= 0.3 is 5.76 Å². The Hall–Kier alpha value is -4.19. The van der Waals surface area contributed by atoms with E-state index in [-0.39, 0.29) is 36.1 Å². The molecule has 1 aromatic heterocycles. The number of rotatable bonds is 9. The normalized spacial score (nSPS) is 10.5. The van der Waals surface area contributed by atoms with Crippen molar-refractivity contribution in [2.75, 3.05) is 32.8 Å². The molecule has 3 aromatic rings. The van der Waals surface area contributed by atoms with Gasteiger partial charge in [0.25, 0.3) is 11.6 Å². The van der Waals surface area contributed by atoms with Crippen LogP contribution in [0.1, 0.15) is 10.4 Å². The molecule has 0 saturated carbocycles. The van der Waals surface area contributed by atoms with Crippen LogP contribution in [0.2, 0.25) is 0 Å². The molecule has 0 radical (unpaired) electrons. The molecule has 1 amide bonds. The van der Waals surface area contributed by atoms with E-state index in [4.69, 9.17) is 14.2 Å². The fourth-order valence-corrected chi connectivity index (χ4v) is 2.69. The van der Waals surface area contributed by atoms with Gasteiger partial charge in [-0.05, 0) is 12.1 Å². The summed E-state index contributed by atoms with van der Waals surface area (Å²) >= 11 is 0. The Morgan fingerprint density at radius 3 is 2.68 bits per heavy atom. The summed E-state index contributed by atoms with van der Waals surface area (Å²) < 4.78 is 20.0. The molecule has 31 heavy (non-hydrogen) atoms. The molecule has 0 unspecified atom stereocenters. The smallest absolute Gasteiger partial charge is 0.439 e. The second kappa shape index (κ2) is 9.54. The number of aromatic amines is 1. The number of hydrogen-bond acceptors (Lipinski definition) is 9. The molecule has 0 bridgehead atoms. The lowest BCUT2D eigenvalue weighted by atomic mass is 10.1. The van der Waals surface area contributed by atoms with Crippen LogP contribution in [0.3, 0.4) is 0 Å². The predicted molar refractivity (Wildman–Crippen MR) is 108 cm³/mol. The topological polar surface area (TPSA) is 159 Å². The van der Waals surface area contributed by atoms with Crippen LogP contribution in [0.15, 0.2) is 45.7 Å². The molecule has 12 heteroatoms. The Kier molecular flexibility index (Phi) is 6.62. The number of carbonyl (C=O) groups is 1. The van der Waals surface area contributed by atoms with Gasteiger partial charge in [-0.15, -0.1) is 0 Å². The van der Waals surface area contributed by atoms with Crippen molar-refractivity contribution in [2.24, 2.45) is 0 Å². The van der Waals surface area contributed by atoms with Crippen LogP contribution in [0, 0.1) is 10.1 Å². The van der Waals surface area contributed by atoms with Gasteiger partial charge in [0, 0.05) is 24.4 Å². The number of amides is 1. The van der Waals surface area contributed by atoms with Crippen LogP contribution >= 0.6 is 0 Å². The monoisotopic (exact) mass is 430 g/mol. The molecule has 0 spiro atoms. The number of nitrogens with one attached hydrogen (secondary N) is 2. The summed E-state index contributed by atoms with van der Waals surface area (Å²) in [6, 6.07) is 8.71. The SMILES string of the molecule is COCCOc1cc([N+](=O)[O-])c(C(=O)Nc2cccc(-c3noc(=O)[nH]3)c2)cc1OC. The van der Waals surface area contributed by atoms with Crippen molar-refractivity contribution in [1.29, 1.82) is 0 Å². The van der Waals surface area contributed by atoms with Gasteiger partial charge in [-0.2, -0.15) is 0 Å². The van der Waals surface area contributed by atoms with Crippen LogP contribution in [0.25, 0.3) is 11.4 Å². The molecule has 0 aliphatic heterocycles. The Balaban J connectivity index is 1.90. The van der Waals surface area contributed by atoms with Gasteiger partial charge < -0.3 is 19.5 Å². The highest BCUT2D eigenvalue weighted by atomic mass is 16.6. The number of carbonyl (C=O) groups excluding carboxylic acids is 1. The first-order valence-corrected chi connectivity index (χ1v) is 8.89. The maximum absolute atomic E-state index is 12.8. The van der Waals surface area contributed by atoms with E-state index in [1.165, 1.54) is 26.4 Å². The van der Waals surface area contributed by atoms with Crippen LogP contribution in [0.5, 0.6) is 11.5 Å². The maximum Gasteiger partial charge on any atom is 0.439 e. The molecule has 0 fully saturated rings. The lowest BCUT2D eigenvalue weighted by molar-refractivity contribution is -0.385. The van der Waals surface area contributed by atoms with E-state index < -0.39 is 22.3 Å². The standard InChI is InChI=1S/C19H18N4O8/c1-28-6-7-30-16-10-14(23(26)27)13(9-15(16)29-2)18(24)20-12-5-3-4-11(8-12)17-21-19(25)31-22-17/h3-5,8-10H,6-7H2,1-2H3,(H,20,24)(H,21,22,25). The number of ether oxygens (including phenoxy) is 3. The summed E-state index contributed by atoms with van der Waals surface area (Å²) in [5.41, 5.74) is 0.113. The number of hydrogen-bond donors (Lipinski definition) is 2. The summed E-state index contributed by atoms with van der Waals surface area (Å²) in [5, 5.41) is 17.7. The minimum atomic E-state index is -0.737. The third-order valence-corrected chi connectivity index (χ3v) is 4.10. The van der Waals surface area contributed by atoms with E-state index in [1.807, 2.05) is 0 Å². The zero-order valence-corrected chi connectivity index (χ0v) is 16.5. The van der Waals surface area contributed by atoms with Gasteiger partial charge in [-0.3, -0.25) is 24.4 Å². The van der Waals surface area contributed by atoms with Gasteiger partial charge in [-0.1, -0.05) is 17.3 Å². The van der Waals surface area contributed by atoms with E-state index in [1.54, 1.807) is 18.2 Å². The van der Waals surface area contributed by atoms with Crippen molar-refractivity contribution < 1.29 is 28.5 Å². The highest BCUT2D eigenvalue weighted by Gasteiger charge is 2.25. The second-order valence-electron chi connectivity index (χ2n) is 6.10. The van der Waals surface area contributed by atoms with Crippen molar-refractivity contribution in [2.45, 2.75) is 0 Å². The van der Waals surface area contributed by atoms with Crippen LogP contribution in [-0.2, 0) is 4.74 Å². The van der Waals surface area contributed by atoms with Crippen molar-refractivity contribution in [1.82, 2.24) is 10.1 Å². The Labute approximate surface area is 174 Å². The van der Waals surface area contributed by atoms with Gasteiger partial charge in [-0.25, -0.2) is 4.79 Å². The highest BCUT2D eigenvalue weighted by molar-refractivity contribution is 6.07. The average molecular weight is 430 g/mol. The number of nitro groups is 1. The molecular formula is C19H18N4O8. The third kappa shape index (κ3) is 5.05. The maximum atomic E-state index is 12.8. The lowest BCUT2D eigenvalue weighted by Crippen LogP contribution is -2.15. The van der Waals surface area contributed by atoms with Crippen LogP contribution in [0.4, 0.5) is 11.4 Å². The summed E-state index contributed by atoms with van der Waals surface area (Å²) in [6.07, 6.45) is 0. The molecule has 0 aliphatic carbocycles. The van der Waals surface area contributed by atoms with Crippen LogP contribution in [-0.4, -0.2) is 48.4 Å². The van der Waals surface area contributed by atoms with Crippen molar-refractivity contribution in [3.63, 3.8) is 0 Å². The quantitative estimate of drug-likeness (QED) is 0.295. The Morgan fingerprint density at radius 2 is 2.03 bits per heavy atom. The molecule has 1 heterocycles. The Morgan fingerprint density at radius 1 is 1.23 bits per heavy atom. The van der Waals surface area contributed by atoms with Gasteiger partial charge in [0.15, 0.2) is 17.3 Å². The molecule has 0 saturated heterocycles. The molecule has 2 aromatic carbocycles. The number of methoxy groups -OCH3 is 2. The molecule has 12 nitrogen and oxygen atoms in total. The predicted octanol–water partition coefficient (Wildman–Crippen LogP) is 2.22. The minimum Gasteiger partial charge on any atom is -0.493 e. The van der Waals surface area contributed by atoms with Crippen molar-refractivity contribution in [3.05, 3.63) is 62.6 Å². The first kappa shape index (κ1) is 21.5. The van der Waals surface area contributed by atoms with Crippen molar-refractivity contribution >= 4 is 17.3 Å². The molecule has 0 atom stereocenters. The largest absolute Gasteiger partial charge is 0.493 e.